The van der Waals surface area contributed by atoms with Gasteiger partial charge in [-0.05, 0) is 12.1 Å². The molecule has 4 nitrogen and oxygen atoms in total. The van der Waals surface area contributed by atoms with Crippen molar-refractivity contribution in [3.05, 3.63) is 30.3 Å². The van der Waals surface area contributed by atoms with Gasteiger partial charge in [-0.1, -0.05) is 18.2 Å². The molecule has 1 aliphatic heterocycles. The Hall–Kier alpha value is -1.39. The van der Waals surface area contributed by atoms with Crippen LogP contribution >= 0.6 is 0 Å². The van der Waals surface area contributed by atoms with E-state index in [9.17, 15) is 4.79 Å². The van der Waals surface area contributed by atoms with Crippen LogP contribution in [0.25, 0.3) is 0 Å². The van der Waals surface area contributed by atoms with Crippen molar-refractivity contribution in [2.45, 2.75) is 6.04 Å². The van der Waals surface area contributed by atoms with E-state index in [-0.39, 0.29) is 11.9 Å². The highest BCUT2D eigenvalue weighted by molar-refractivity contribution is 5.94. The summed E-state index contributed by atoms with van der Waals surface area (Å²) < 4.78 is 5.22. The highest BCUT2D eigenvalue weighted by Crippen LogP contribution is 2.06. The third-order valence-corrected chi connectivity index (χ3v) is 2.28. The standard InChI is InChI=1S/C11H14N2O2/c14-11(10-8-15-7-6-12-10)13-9-4-2-1-3-5-9/h1-5,10,12H,6-8H2,(H,13,14). The van der Waals surface area contributed by atoms with Gasteiger partial charge in [-0.2, -0.15) is 0 Å². The predicted molar refractivity (Wildman–Crippen MR) is 57.7 cm³/mol. The summed E-state index contributed by atoms with van der Waals surface area (Å²) in [6, 6.07) is 9.18. The number of anilines is 1. The van der Waals surface area contributed by atoms with Crippen molar-refractivity contribution in [3.63, 3.8) is 0 Å². The van der Waals surface area contributed by atoms with Gasteiger partial charge in [0.15, 0.2) is 0 Å². The lowest BCUT2D eigenvalue weighted by Crippen LogP contribution is -2.48. The quantitative estimate of drug-likeness (QED) is 0.745. The largest absolute Gasteiger partial charge is 0.378 e. The molecule has 1 fully saturated rings. The van der Waals surface area contributed by atoms with Gasteiger partial charge in [0.05, 0.1) is 13.2 Å². The molecule has 1 aliphatic rings. The zero-order valence-corrected chi connectivity index (χ0v) is 8.40. The molecule has 1 unspecified atom stereocenters. The van der Waals surface area contributed by atoms with Crippen LogP contribution in [-0.2, 0) is 9.53 Å². The first-order chi connectivity index (χ1) is 7.36. The van der Waals surface area contributed by atoms with E-state index in [1.165, 1.54) is 0 Å². The third-order valence-electron chi connectivity index (χ3n) is 2.28. The number of benzene rings is 1. The fourth-order valence-electron chi connectivity index (χ4n) is 1.48. The molecule has 1 aromatic rings. The monoisotopic (exact) mass is 206 g/mol. The van der Waals surface area contributed by atoms with E-state index >= 15 is 0 Å². The number of amides is 1. The fraction of sp³-hybridized carbons (Fsp3) is 0.364. The van der Waals surface area contributed by atoms with Gasteiger partial charge in [-0.25, -0.2) is 0 Å². The second-order valence-corrected chi connectivity index (χ2v) is 3.44. The van der Waals surface area contributed by atoms with Crippen LogP contribution in [0.5, 0.6) is 0 Å². The highest BCUT2D eigenvalue weighted by atomic mass is 16.5. The number of ether oxygens (including phenoxy) is 1. The molecule has 0 aromatic heterocycles. The van der Waals surface area contributed by atoms with Gasteiger partial charge in [0.25, 0.3) is 0 Å². The maximum atomic E-state index is 11.7. The summed E-state index contributed by atoms with van der Waals surface area (Å²) in [4.78, 5) is 11.7. The van der Waals surface area contributed by atoms with Crippen LogP contribution < -0.4 is 10.6 Å². The minimum absolute atomic E-state index is 0.0408. The maximum absolute atomic E-state index is 11.7. The van der Waals surface area contributed by atoms with Gasteiger partial charge >= 0.3 is 0 Å². The number of hydrogen-bond acceptors (Lipinski definition) is 3. The van der Waals surface area contributed by atoms with Crippen molar-refractivity contribution in [3.8, 4) is 0 Å². The number of nitrogens with one attached hydrogen (secondary N) is 2. The Balaban J connectivity index is 1.91. The first-order valence-corrected chi connectivity index (χ1v) is 5.03. The van der Waals surface area contributed by atoms with Crippen LogP contribution in [0.1, 0.15) is 0 Å². The molecule has 1 saturated heterocycles. The van der Waals surface area contributed by atoms with E-state index in [1.54, 1.807) is 0 Å². The molecule has 1 amide bonds. The topological polar surface area (TPSA) is 50.4 Å². The number of carbonyl (C=O) groups excluding carboxylic acids is 1. The average molecular weight is 206 g/mol. The number of rotatable bonds is 2. The average Bonchev–Trinajstić information content (AvgIpc) is 2.31. The summed E-state index contributed by atoms with van der Waals surface area (Å²) in [6.07, 6.45) is 0. The van der Waals surface area contributed by atoms with Gasteiger partial charge < -0.3 is 15.4 Å². The van der Waals surface area contributed by atoms with Crippen LogP contribution in [0.4, 0.5) is 5.69 Å². The lowest BCUT2D eigenvalue weighted by atomic mass is 10.2. The second kappa shape index (κ2) is 4.91. The normalized spacial score (nSPS) is 20.9. The molecule has 80 valence electrons. The summed E-state index contributed by atoms with van der Waals surface area (Å²) in [5, 5.41) is 5.93. The first kappa shape index (κ1) is 10.1. The molecule has 0 aliphatic carbocycles. The highest BCUT2D eigenvalue weighted by Gasteiger charge is 2.20. The SMILES string of the molecule is O=C(Nc1ccccc1)C1COCCN1. The molecule has 0 bridgehead atoms. The van der Waals surface area contributed by atoms with E-state index in [0.717, 1.165) is 12.2 Å². The van der Waals surface area contributed by atoms with E-state index in [1.807, 2.05) is 30.3 Å². The number of para-hydroxylation sites is 1. The van der Waals surface area contributed by atoms with Crippen LogP contribution in [0.3, 0.4) is 0 Å². The lowest BCUT2D eigenvalue weighted by Gasteiger charge is -2.22. The Morgan fingerprint density at radius 1 is 1.40 bits per heavy atom. The Kier molecular flexibility index (Phi) is 3.32. The third kappa shape index (κ3) is 2.78. The van der Waals surface area contributed by atoms with E-state index < -0.39 is 0 Å². The molecular formula is C11H14N2O2. The van der Waals surface area contributed by atoms with E-state index in [2.05, 4.69) is 10.6 Å². The Bertz CT molecular complexity index is 321. The number of morpholine rings is 1. The molecule has 1 aromatic carbocycles. The van der Waals surface area contributed by atoms with E-state index in [0.29, 0.717) is 13.2 Å². The molecular weight excluding hydrogens is 192 g/mol. The van der Waals surface area contributed by atoms with Crippen LogP contribution in [0, 0.1) is 0 Å². The predicted octanol–water partition coefficient (Wildman–Crippen LogP) is 0.613. The summed E-state index contributed by atoms with van der Waals surface area (Å²) in [5.41, 5.74) is 0.815. The van der Waals surface area contributed by atoms with Gasteiger partial charge in [-0.3, -0.25) is 4.79 Å². The Morgan fingerprint density at radius 3 is 2.87 bits per heavy atom. The van der Waals surface area contributed by atoms with E-state index in [4.69, 9.17) is 4.74 Å². The smallest absolute Gasteiger partial charge is 0.243 e. The van der Waals surface area contributed by atoms with Crippen LogP contribution in [0.2, 0.25) is 0 Å². The van der Waals surface area contributed by atoms with Crippen LogP contribution in [-0.4, -0.2) is 31.7 Å². The fourth-order valence-corrected chi connectivity index (χ4v) is 1.48. The van der Waals surface area contributed by atoms with Crippen molar-refractivity contribution in [1.29, 1.82) is 0 Å². The summed E-state index contributed by atoms with van der Waals surface area (Å²) in [5.74, 6) is -0.0408. The summed E-state index contributed by atoms with van der Waals surface area (Å²) in [6.45, 7) is 1.85. The van der Waals surface area contributed by atoms with Crippen LogP contribution in [0.15, 0.2) is 30.3 Å². The molecule has 4 heteroatoms. The molecule has 0 spiro atoms. The Morgan fingerprint density at radius 2 is 2.20 bits per heavy atom. The van der Waals surface area contributed by atoms with Crippen molar-refractivity contribution < 1.29 is 9.53 Å². The molecule has 2 N–H and O–H groups in total. The first-order valence-electron chi connectivity index (χ1n) is 5.03. The van der Waals surface area contributed by atoms with Gasteiger partial charge in [0, 0.05) is 12.2 Å². The van der Waals surface area contributed by atoms with Crippen molar-refractivity contribution in [2.24, 2.45) is 0 Å². The van der Waals surface area contributed by atoms with Crippen molar-refractivity contribution in [2.75, 3.05) is 25.1 Å². The molecule has 15 heavy (non-hydrogen) atoms. The molecule has 0 saturated carbocycles. The lowest BCUT2D eigenvalue weighted by molar-refractivity contribution is -0.120. The molecule has 0 radical (unpaired) electrons. The zero-order valence-electron chi connectivity index (χ0n) is 8.40. The Labute approximate surface area is 88.6 Å². The summed E-state index contributed by atoms with van der Waals surface area (Å²) in [7, 11) is 0. The minimum atomic E-state index is -0.237. The molecule has 1 heterocycles. The van der Waals surface area contributed by atoms with Gasteiger partial charge in [0.1, 0.15) is 6.04 Å². The van der Waals surface area contributed by atoms with Crippen molar-refractivity contribution in [1.82, 2.24) is 5.32 Å². The molecule has 1 atom stereocenters. The van der Waals surface area contributed by atoms with Crippen molar-refractivity contribution >= 4 is 11.6 Å². The number of hydrogen-bond donors (Lipinski definition) is 2. The molecule has 2 rings (SSSR count). The minimum Gasteiger partial charge on any atom is -0.378 e. The van der Waals surface area contributed by atoms with Gasteiger partial charge in [0.2, 0.25) is 5.91 Å². The van der Waals surface area contributed by atoms with Gasteiger partial charge in [-0.15, -0.1) is 0 Å². The summed E-state index contributed by atoms with van der Waals surface area (Å²) >= 11 is 0. The number of carbonyl (C=O) groups is 1. The maximum Gasteiger partial charge on any atom is 0.243 e. The second-order valence-electron chi connectivity index (χ2n) is 3.44. The zero-order chi connectivity index (χ0) is 10.5.